The summed E-state index contributed by atoms with van der Waals surface area (Å²) in [5.74, 6) is 7.93. The Morgan fingerprint density at radius 1 is 1.32 bits per heavy atom. The van der Waals surface area contributed by atoms with Crippen molar-refractivity contribution in [2.75, 3.05) is 31.1 Å². The third-order valence-corrected chi connectivity index (χ3v) is 5.91. The molecular weight excluding hydrogens is 354 g/mol. The first kappa shape index (κ1) is 18.7. The second-order valence-corrected chi connectivity index (χ2v) is 7.78. The number of rotatable bonds is 5. The molecule has 0 saturated carbocycles. The first-order chi connectivity index (χ1) is 13.6. The summed E-state index contributed by atoms with van der Waals surface area (Å²) in [6, 6.07) is 3.85. The number of hydrogen-bond donors (Lipinski definition) is 2. The number of anilines is 1. The number of nitrogens with one attached hydrogen (secondary N) is 1. The first-order valence-electron chi connectivity index (χ1n) is 10.1. The second-order valence-electron chi connectivity index (χ2n) is 7.78. The van der Waals surface area contributed by atoms with Crippen molar-refractivity contribution in [3.63, 3.8) is 0 Å². The number of H-pyrrole nitrogens is 1. The summed E-state index contributed by atoms with van der Waals surface area (Å²) in [5, 5.41) is 1.51. The van der Waals surface area contributed by atoms with E-state index < -0.39 is 0 Å². The number of carbonyl (C=O) groups excluding carboxylic acids is 1. The lowest BCUT2D eigenvalue weighted by molar-refractivity contribution is -0.134. The minimum absolute atomic E-state index is 0.0695. The van der Waals surface area contributed by atoms with Crippen LogP contribution in [0.15, 0.2) is 24.9 Å². The fourth-order valence-corrected chi connectivity index (χ4v) is 4.16. The summed E-state index contributed by atoms with van der Waals surface area (Å²) in [4.78, 5) is 29.7. The molecule has 150 valence electrons. The zero-order valence-corrected chi connectivity index (χ0v) is 16.5. The number of nitrogens with two attached hydrogens (primary N) is 1. The van der Waals surface area contributed by atoms with Gasteiger partial charge in [-0.15, -0.1) is 0 Å². The molecule has 2 atom stereocenters. The maximum Gasteiger partial charge on any atom is 0.227 e. The van der Waals surface area contributed by atoms with Crippen LogP contribution in [-0.2, 0) is 4.79 Å². The predicted octanol–water partition coefficient (Wildman–Crippen LogP) is 2.18. The smallest absolute Gasteiger partial charge is 0.227 e. The lowest BCUT2D eigenvalue weighted by Crippen LogP contribution is -2.44. The highest BCUT2D eigenvalue weighted by atomic mass is 16.2. The monoisotopic (exact) mass is 383 g/mol. The Morgan fingerprint density at radius 3 is 2.86 bits per heavy atom. The van der Waals surface area contributed by atoms with Gasteiger partial charge in [0.15, 0.2) is 5.65 Å². The van der Waals surface area contributed by atoms with Gasteiger partial charge in [0.25, 0.3) is 0 Å². The molecule has 0 aliphatic carbocycles. The highest BCUT2D eigenvalue weighted by molar-refractivity contribution is 5.80. The van der Waals surface area contributed by atoms with Gasteiger partial charge in [0.05, 0.1) is 12.0 Å². The van der Waals surface area contributed by atoms with Gasteiger partial charge in [-0.1, -0.05) is 6.58 Å². The SMILES string of the molecule is C=CN(N)C(C)c1nc2ccc(N3CCC[C@@H](C(=O)N4CCCC4)C3)nc2[nH]1. The highest BCUT2D eigenvalue weighted by Crippen LogP contribution is 2.26. The number of amides is 1. The molecule has 3 N–H and O–H groups in total. The van der Waals surface area contributed by atoms with Gasteiger partial charge >= 0.3 is 0 Å². The maximum atomic E-state index is 12.8. The Labute approximate surface area is 165 Å². The molecule has 2 aliphatic rings. The third-order valence-electron chi connectivity index (χ3n) is 5.91. The van der Waals surface area contributed by atoms with Crippen LogP contribution in [0.25, 0.3) is 11.2 Å². The minimum atomic E-state index is -0.118. The summed E-state index contributed by atoms with van der Waals surface area (Å²) in [6.45, 7) is 9.14. The van der Waals surface area contributed by atoms with Crippen LogP contribution in [0.1, 0.15) is 44.5 Å². The molecule has 2 fully saturated rings. The van der Waals surface area contributed by atoms with Gasteiger partial charge in [-0.2, -0.15) is 0 Å². The molecule has 4 rings (SSSR count). The Hall–Kier alpha value is -2.61. The van der Waals surface area contributed by atoms with Gasteiger partial charge in [-0.25, -0.2) is 15.8 Å². The van der Waals surface area contributed by atoms with Crippen LogP contribution in [0.2, 0.25) is 0 Å². The standard InChI is InChI=1S/C20H29N7O/c1-3-27(21)14(2)18-22-16-8-9-17(23-19(16)24-18)26-12-6-7-15(13-26)20(28)25-10-4-5-11-25/h3,8-9,14-15H,1,4-7,10-13,21H2,2H3,(H,22,23,24)/t14?,15-/m1/s1. The Bertz CT molecular complexity index is 857. The lowest BCUT2D eigenvalue weighted by Gasteiger charge is -2.34. The zero-order chi connectivity index (χ0) is 19.7. The van der Waals surface area contributed by atoms with Crippen LogP contribution in [0, 0.1) is 5.92 Å². The Kier molecular flexibility index (Phi) is 5.21. The summed E-state index contributed by atoms with van der Waals surface area (Å²) in [7, 11) is 0. The molecule has 4 heterocycles. The molecule has 2 aromatic rings. The normalized spacial score (nSPS) is 21.1. The van der Waals surface area contributed by atoms with Crippen LogP contribution in [0.3, 0.4) is 0 Å². The van der Waals surface area contributed by atoms with Gasteiger partial charge < -0.3 is 19.8 Å². The van der Waals surface area contributed by atoms with Crippen molar-refractivity contribution in [3.05, 3.63) is 30.7 Å². The van der Waals surface area contributed by atoms with E-state index in [0.717, 1.165) is 74.7 Å². The summed E-state index contributed by atoms with van der Waals surface area (Å²) in [6.07, 6.45) is 5.81. The van der Waals surface area contributed by atoms with E-state index in [1.807, 2.05) is 24.0 Å². The molecule has 0 bridgehead atoms. The maximum absolute atomic E-state index is 12.8. The van der Waals surface area contributed by atoms with Gasteiger partial charge in [0.2, 0.25) is 5.91 Å². The van der Waals surface area contributed by atoms with Gasteiger partial charge in [-0.3, -0.25) is 4.79 Å². The zero-order valence-electron chi connectivity index (χ0n) is 16.5. The van der Waals surface area contributed by atoms with Crippen molar-refractivity contribution in [1.82, 2.24) is 24.9 Å². The van der Waals surface area contributed by atoms with Crippen molar-refractivity contribution >= 4 is 22.9 Å². The average Bonchev–Trinajstić information content (AvgIpc) is 3.41. The number of nitrogens with zero attached hydrogens (tertiary/aromatic N) is 5. The molecule has 0 spiro atoms. The number of likely N-dealkylation sites (tertiary alicyclic amines) is 1. The number of fused-ring (bicyclic) bond motifs is 1. The molecule has 2 aliphatic heterocycles. The van der Waals surface area contributed by atoms with Crippen molar-refractivity contribution < 1.29 is 4.79 Å². The van der Waals surface area contributed by atoms with Crippen LogP contribution in [-0.4, -0.2) is 56.9 Å². The predicted molar refractivity (Wildman–Crippen MR) is 109 cm³/mol. The van der Waals surface area contributed by atoms with Crippen molar-refractivity contribution in [2.24, 2.45) is 11.8 Å². The largest absolute Gasteiger partial charge is 0.356 e. The van der Waals surface area contributed by atoms with E-state index in [0.29, 0.717) is 5.91 Å². The van der Waals surface area contributed by atoms with Crippen molar-refractivity contribution in [3.8, 4) is 0 Å². The molecule has 8 heteroatoms. The molecule has 0 radical (unpaired) electrons. The van der Waals surface area contributed by atoms with Crippen molar-refractivity contribution in [2.45, 2.75) is 38.6 Å². The average molecular weight is 384 g/mol. The van der Waals surface area contributed by atoms with E-state index in [1.54, 1.807) is 6.20 Å². The molecule has 2 aromatic heterocycles. The van der Waals surface area contributed by atoms with Gasteiger partial charge in [0, 0.05) is 32.4 Å². The topological polar surface area (TPSA) is 94.4 Å². The minimum Gasteiger partial charge on any atom is -0.356 e. The molecular formula is C20H29N7O. The summed E-state index contributed by atoms with van der Waals surface area (Å²) in [5.41, 5.74) is 1.55. The van der Waals surface area contributed by atoms with E-state index in [9.17, 15) is 4.79 Å². The third kappa shape index (κ3) is 3.56. The van der Waals surface area contributed by atoms with E-state index in [1.165, 1.54) is 5.01 Å². The Balaban J connectivity index is 1.51. The number of carbonyl (C=O) groups is 1. The molecule has 1 amide bonds. The van der Waals surface area contributed by atoms with E-state index in [4.69, 9.17) is 10.8 Å². The van der Waals surface area contributed by atoms with Crippen LogP contribution < -0.4 is 10.7 Å². The van der Waals surface area contributed by atoms with Crippen LogP contribution in [0.4, 0.5) is 5.82 Å². The number of hydrazine groups is 1. The number of hydrogen-bond acceptors (Lipinski definition) is 6. The highest BCUT2D eigenvalue weighted by Gasteiger charge is 2.31. The fourth-order valence-electron chi connectivity index (χ4n) is 4.16. The second kappa shape index (κ2) is 7.79. The van der Waals surface area contributed by atoms with E-state index >= 15 is 0 Å². The van der Waals surface area contributed by atoms with E-state index in [2.05, 4.69) is 21.4 Å². The van der Waals surface area contributed by atoms with Gasteiger partial charge in [0.1, 0.15) is 17.2 Å². The molecule has 8 nitrogen and oxygen atoms in total. The van der Waals surface area contributed by atoms with Crippen molar-refractivity contribution in [1.29, 1.82) is 0 Å². The van der Waals surface area contributed by atoms with Gasteiger partial charge in [-0.05, 0) is 44.7 Å². The fraction of sp³-hybridized carbons (Fsp3) is 0.550. The molecule has 1 unspecified atom stereocenters. The van der Waals surface area contributed by atoms with Crippen LogP contribution in [0.5, 0.6) is 0 Å². The lowest BCUT2D eigenvalue weighted by atomic mass is 9.96. The first-order valence-corrected chi connectivity index (χ1v) is 10.1. The van der Waals surface area contributed by atoms with E-state index in [-0.39, 0.29) is 12.0 Å². The number of imidazole rings is 1. The number of piperidine rings is 1. The summed E-state index contributed by atoms with van der Waals surface area (Å²) < 4.78 is 0. The number of pyridine rings is 1. The molecule has 2 saturated heterocycles. The summed E-state index contributed by atoms with van der Waals surface area (Å²) >= 11 is 0. The molecule has 0 aromatic carbocycles. The molecule has 28 heavy (non-hydrogen) atoms. The number of aromatic nitrogens is 3. The Morgan fingerprint density at radius 2 is 2.11 bits per heavy atom. The van der Waals surface area contributed by atoms with Crippen LogP contribution >= 0.6 is 0 Å². The number of aromatic amines is 1. The quantitative estimate of drug-likeness (QED) is 0.607.